The van der Waals surface area contributed by atoms with Crippen LogP contribution in [0.2, 0.25) is 5.02 Å². The number of carbonyl (C=O) groups is 1. The maximum absolute atomic E-state index is 12.2. The normalized spacial score (nSPS) is 12.3. The molecule has 0 atom stereocenters. The van der Waals surface area contributed by atoms with Crippen LogP contribution in [0.4, 0.5) is 11.4 Å². The number of nitro groups is 1. The Bertz CT molecular complexity index is 858. The number of benzene rings is 2. The van der Waals surface area contributed by atoms with E-state index in [2.05, 4.69) is 5.32 Å². The Morgan fingerprint density at radius 3 is 2.77 bits per heavy atom. The Morgan fingerprint density at radius 1 is 1.27 bits per heavy atom. The third-order valence-electron chi connectivity index (χ3n) is 3.74. The Kier molecular flexibility index (Phi) is 5.24. The van der Waals surface area contributed by atoms with Gasteiger partial charge in [0.05, 0.1) is 22.2 Å². The lowest BCUT2D eigenvalue weighted by atomic mass is 10.2. The molecule has 136 valence electrons. The maximum Gasteiger partial charge on any atom is 0.271 e. The van der Waals surface area contributed by atoms with Crippen molar-refractivity contribution in [1.82, 2.24) is 4.90 Å². The van der Waals surface area contributed by atoms with Gasteiger partial charge in [-0.2, -0.15) is 0 Å². The van der Waals surface area contributed by atoms with Crippen molar-refractivity contribution in [3.05, 3.63) is 57.1 Å². The minimum absolute atomic E-state index is 0.117. The van der Waals surface area contributed by atoms with Crippen LogP contribution in [0, 0.1) is 10.1 Å². The third kappa shape index (κ3) is 4.22. The van der Waals surface area contributed by atoms with Crippen LogP contribution in [-0.2, 0) is 11.3 Å². The molecule has 3 rings (SSSR count). The minimum Gasteiger partial charge on any atom is -0.454 e. The van der Waals surface area contributed by atoms with Crippen molar-refractivity contribution < 1.29 is 19.2 Å². The first kappa shape index (κ1) is 18.0. The van der Waals surface area contributed by atoms with Crippen LogP contribution in [0.3, 0.4) is 0 Å². The van der Waals surface area contributed by atoms with Crippen molar-refractivity contribution in [1.29, 1.82) is 0 Å². The zero-order valence-electron chi connectivity index (χ0n) is 13.9. The van der Waals surface area contributed by atoms with E-state index in [0.717, 1.165) is 5.56 Å². The van der Waals surface area contributed by atoms with E-state index < -0.39 is 4.92 Å². The van der Waals surface area contributed by atoms with Crippen LogP contribution in [0.25, 0.3) is 0 Å². The number of nitrogens with zero attached hydrogens (tertiary/aromatic N) is 2. The molecule has 0 aliphatic carbocycles. The summed E-state index contributed by atoms with van der Waals surface area (Å²) < 4.78 is 10.6. The second-order valence-corrected chi connectivity index (χ2v) is 6.24. The SMILES string of the molecule is CN(CC(=O)Nc1ccc([N+](=O)[O-])cc1Cl)Cc1ccc2c(c1)OCO2. The second kappa shape index (κ2) is 7.59. The molecule has 0 aromatic heterocycles. The molecule has 1 heterocycles. The predicted molar refractivity (Wildman–Crippen MR) is 95.6 cm³/mol. The number of hydrogen-bond acceptors (Lipinski definition) is 6. The summed E-state index contributed by atoms with van der Waals surface area (Å²) in [6.07, 6.45) is 0. The number of rotatable bonds is 6. The van der Waals surface area contributed by atoms with E-state index in [-0.39, 0.29) is 30.0 Å². The molecule has 2 aromatic rings. The summed E-state index contributed by atoms with van der Waals surface area (Å²) in [5.41, 5.74) is 1.18. The first-order valence-corrected chi connectivity index (χ1v) is 8.11. The summed E-state index contributed by atoms with van der Waals surface area (Å²) in [5.74, 6) is 1.13. The number of anilines is 1. The van der Waals surface area contributed by atoms with Crippen molar-refractivity contribution in [2.45, 2.75) is 6.54 Å². The van der Waals surface area contributed by atoms with Crippen LogP contribution in [0.15, 0.2) is 36.4 Å². The van der Waals surface area contributed by atoms with E-state index in [1.54, 1.807) is 0 Å². The lowest BCUT2D eigenvalue weighted by Gasteiger charge is -2.17. The Hall–Kier alpha value is -2.84. The summed E-state index contributed by atoms with van der Waals surface area (Å²) in [7, 11) is 1.81. The summed E-state index contributed by atoms with van der Waals surface area (Å²) >= 11 is 5.98. The molecule has 9 heteroatoms. The van der Waals surface area contributed by atoms with E-state index in [1.165, 1.54) is 18.2 Å². The van der Waals surface area contributed by atoms with Crippen LogP contribution < -0.4 is 14.8 Å². The largest absolute Gasteiger partial charge is 0.454 e. The number of hydrogen-bond donors (Lipinski definition) is 1. The monoisotopic (exact) mass is 377 g/mol. The van der Waals surface area contributed by atoms with Crippen molar-refractivity contribution >= 4 is 28.9 Å². The average Bonchev–Trinajstić information content (AvgIpc) is 3.04. The lowest BCUT2D eigenvalue weighted by molar-refractivity contribution is -0.384. The second-order valence-electron chi connectivity index (χ2n) is 5.83. The molecule has 8 nitrogen and oxygen atoms in total. The Morgan fingerprint density at radius 2 is 2.04 bits per heavy atom. The van der Waals surface area contributed by atoms with Gasteiger partial charge in [0.2, 0.25) is 12.7 Å². The van der Waals surface area contributed by atoms with Crippen LogP contribution in [-0.4, -0.2) is 36.1 Å². The molecule has 0 saturated heterocycles. The van der Waals surface area contributed by atoms with Gasteiger partial charge in [-0.15, -0.1) is 0 Å². The molecule has 1 aliphatic heterocycles. The molecule has 1 amide bonds. The van der Waals surface area contributed by atoms with Crippen molar-refractivity contribution in [3.8, 4) is 11.5 Å². The van der Waals surface area contributed by atoms with E-state index in [4.69, 9.17) is 21.1 Å². The highest BCUT2D eigenvalue weighted by atomic mass is 35.5. The van der Waals surface area contributed by atoms with Gasteiger partial charge in [-0.25, -0.2) is 0 Å². The van der Waals surface area contributed by atoms with Gasteiger partial charge in [0.25, 0.3) is 5.69 Å². The summed E-state index contributed by atoms with van der Waals surface area (Å²) in [6, 6.07) is 9.53. The topological polar surface area (TPSA) is 93.9 Å². The highest BCUT2D eigenvalue weighted by molar-refractivity contribution is 6.34. The number of non-ortho nitro benzene ring substituents is 1. The first-order valence-electron chi connectivity index (χ1n) is 7.73. The standard InChI is InChI=1S/C17H16ClN3O5/c1-20(8-11-2-5-15-16(6-11)26-10-25-15)9-17(22)19-14-4-3-12(21(23)24)7-13(14)18/h2-7H,8-10H2,1H3,(H,19,22). The third-order valence-corrected chi connectivity index (χ3v) is 4.05. The number of nitrogens with one attached hydrogen (secondary N) is 1. The fourth-order valence-corrected chi connectivity index (χ4v) is 2.78. The molecule has 0 spiro atoms. The lowest BCUT2D eigenvalue weighted by Crippen LogP contribution is -2.29. The summed E-state index contributed by atoms with van der Waals surface area (Å²) in [5, 5.41) is 13.5. The molecule has 0 unspecified atom stereocenters. The molecular formula is C17H16ClN3O5. The van der Waals surface area contributed by atoms with Gasteiger partial charge in [0, 0.05) is 18.7 Å². The fraction of sp³-hybridized carbons (Fsp3) is 0.235. The maximum atomic E-state index is 12.2. The fourth-order valence-electron chi connectivity index (χ4n) is 2.56. The van der Waals surface area contributed by atoms with Gasteiger partial charge in [-0.1, -0.05) is 17.7 Å². The smallest absolute Gasteiger partial charge is 0.271 e. The number of carbonyl (C=O) groups excluding carboxylic acids is 1. The average molecular weight is 378 g/mol. The van der Waals surface area contributed by atoms with Crippen LogP contribution in [0.1, 0.15) is 5.56 Å². The molecule has 0 bridgehead atoms. The van der Waals surface area contributed by atoms with Gasteiger partial charge in [0.1, 0.15) is 0 Å². The zero-order chi connectivity index (χ0) is 18.7. The van der Waals surface area contributed by atoms with Gasteiger partial charge in [-0.3, -0.25) is 19.8 Å². The molecule has 26 heavy (non-hydrogen) atoms. The highest BCUT2D eigenvalue weighted by Gasteiger charge is 2.15. The number of halogens is 1. The summed E-state index contributed by atoms with van der Waals surface area (Å²) in [6.45, 7) is 0.882. The molecule has 2 aromatic carbocycles. The molecule has 0 fully saturated rings. The summed E-state index contributed by atoms with van der Waals surface area (Å²) in [4.78, 5) is 24.2. The number of nitro benzene ring substituents is 1. The molecule has 0 radical (unpaired) electrons. The Balaban J connectivity index is 1.57. The van der Waals surface area contributed by atoms with Crippen LogP contribution >= 0.6 is 11.6 Å². The van der Waals surface area contributed by atoms with E-state index in [9.17, 15) is 14.9 Å². The number of ether oxygens (including phenoxy) is 2. The molecule has 0 saturated carbocycles. The number of likely N-dealkylation sites (N-methyl/N-ethyl adjacent to an activating group) is 1. The Labute approximate surface area is 154 Å². The van der Waals surface area contributed by atoms with E-state index in [0.29, 0.717) is 23.7 Å². The minimum atomic E-state index is -0.545. The predicted octanol–water partition coefficient (Wildman–Crippen LogP) is 3.05. The van der Waals surface area contributed by atoms with E-state index >= 15 is 0 Å². The van der Waals surface area contributed by atoms with Crippen molar-refractivity contribution in [3.63, 3.8) is 0 Å². The molecular weight excluding hydrogens is 362 g/mol. The molecule has 1 aliphatic rings. The number of fused-ring (bicyclic) bond motifs is 1. The van der Waals surface area contributed by atoms with Crippen molar-refractivity contribution in [2.24, 2.45) is 0 Å². The quantitative estimate of drug-likeness (QED) is 0.614. The van der Waals surface area contributed by atoms with Crippen molar-refractivity contribution in [2.75, 3.05) is 25.7 Å². The first-order chi connectivity index (χ1) is 12.4. The van der Waals surface area contributed by atoms with Gasteiger partial charge >= 0.3 is 0 Å². The highest BCUT2D eigenvalue weighted by Crippen LogP contribution is 2.32. The van der Waals surface area contributed by atoms with Gasteiger partial charge < -0.3 is 14.8 Å². The number of amides is 1. The van der Waals surface area contributed by atoms with Gasteiger partial charge in [-0.05, 0) is 30.8 Å². The van der Waals surface area contributed by atoms with Gasteiger partial charge in [0.15, 0.2) is 11.5 Å². The van der Waals surface area contributed by atoms with E-state index in [1.807, 2.05) is 30.1 Å². The van der Waals surface area contributed by atoms with Crippen LogP contribution in [0.5, 0.6) is 11.5 Å². The zero-order valence-corrected chi connectivity index (χ0v) is 14.7. The molecule has 1 N–H and O–H groups in total.